The summed E-state index contributed by atoms with van der Waals surface area (Å²) in [7, 11) is 0. The molecule has 1 saturated carbocycles. The molecule has 2 aromatic rings. The Balaban J connectivity index is 1.47. The lowest BCUT2D eigenvalue weighted by Gasteiger charge is -2.11. The van der Waals surface area contributed by atoms with E-state index in [0.29, 0.717) is 17.2 Å². The molecule has 0 radical (unpaired) electrons. The number of unbranched alkanes of at least 4 members (excludes halogenated alkanes) is 8. The van der Waals surface area contributed by atoms with Gasteiger partial charge in [-0.3, -0.25) is 0 Å². The molecular weight excluding hydrogens is 418 g/mol. The number of carbonyl (C=O) groups is 1. The summed E-state index contributed by atoms with van der Waals surface area (Å²) in [5.41, 5.74) is 2.54. The monoisotopic (exact) mass is 459 g/mol. The molecule has 1 fully saturated rings. The van der Waals surface area contributed by atoms with Gasteiger partial charge in [0.2, 0.25) is 0 Å². The topological polar surface area (TPSA) is 50.1 Å². The summed E-state index contributed by atoms with van der Waals surface area (Å²) in [5.74, 6) is 0.643. The van der Waals surface area contributed by atoms with E-state index in [1.54, 1.807) is 0 Å². The van der Waals surface area contributed by atoms with Gasteiger partial charge in [-0.1, -0.05) is 95.9 Å². The predicted molar refractivity (Wildman–Crippen MR) is 139 cm³/mol. The molecule has 182 valence electrons. The second-order valence-corrected chi connectivity index (χ2v) is 9.96. The fourth-order valence-corrected chi connectivity index (χ4v) is 4.95. The molecule has 3 nitrogen and oxygen atoms in total. The third-order valence-electron chi connectivity index (χ3n) is 7.30. The third kappa shape index (κ3) is 7.20. The molecule has 2 aromatic carbocycles. The number of rotatable bonds is 15. The van der Waals surface area contributed by atoms with Crippen molar-refractivity contribution in [2.45, 2.75) is 103 Å². The lowest BCUT2D eigenvalue weighted by molar-refractivity contribution is 0.0734. The fraction of sp³-hybridized carbons (Fsp3) is 0.548. The normalized spacial score (nSPS) is 18.9. The van der Waals surface area contributed by atoms with E-state index in [2.05, 4.69) is 19.9 Å². The van der Waals surface area contributed by atoms with Gasteiger partial charge in [0, 0.05) is 0 Å². The van der Waals surface area contributed by atoms with Crippen molar-refractivity contribution in [3.05, 3.63) is 65.2 Å². The van der Waals surface area contributed by atoms with Gasteiger partial charge in [0.25, 0.3) is 0 Å². The van der Waals surface area contributed by atoms with Crippen LogP contribution in [0.5, 0.6) is 5.75 Å². The Bertz CT molecular complexity index is 925. The molecule has 1 aliphatic rings. The largest absolute Gasteiger partial charge is 0.423 e. The number of hydrogen-bond donors (Lipinski definition) is 0. The summed E-state index contributed by atoms with van der Waals surface area (Å²) in [5, 5.41) is 9.84. The van der Waals surface area contributed by atoms with E-state index in [4.69, 9.17) is 4.74 Å². The Morgan fingerprint density at radius 3 is 2.15 bits per heavy atom. The number of aryl methyl sites for hydroxylation is 1. The minimum absolute atomic E-state index is 0.339. The Labute approximate surface area is 206 Å². The van der Waals surface area contributed by atoms with Gasteiger partial charge in [0.1, 0.15) is 5.75 Å². The number of esters is 1. The number of ether oxygens (including phenoxy) is 1. The van der Waals surface area contributed by atoms with Crippen LogP contribution in [0.3, 0.4) is 0 Å². The molecule has 0 aromatic heterocycles. The van der Waals surface area contributed by atoms with Crippen molar-refractivity contribution in [2.75, 3.05) is 0 Å². The van der Waals surface area contributed by atoms with Gasteiger partial charge in [-0.25, -0.2) is 4.79 Å². The molecule has 0 heterocycles. The van der Waals surface area contributed by atoms with E-state index < -0.39 is 0 Å². The first-order valence-electron chi connectivity index (χ1n) is 13.5. The number of nitriles is 1. The zero-order chi connectivity index (χ0) is 24.2. The summed E-state index contributed by atoms with van der Waals surface area (Å²) in [6, 6.07) is 17.9. The van der Waals surface area contributed by atoms with Gasteiger partial charge >= 0.3 is 5.97 Å². The van der Waals surface area contributed by atoms with E-state index in [0.717, 1.165) is 24.8 Å². The maximum absolute atomic E-state index is 12.6. The van der Waals surface area contributed by atoms with Crippen LogP contribution in [-0.2, 0) is 11.8 Å². The van der Waals surface area contributed by atoms with E-state index in [9.17, 15) is 10.1 Å². The molecule has 0 amide bonds. The number of hydrogen-bond acceptors (Lipinski definition) is 3. The van der Waals surface area contributed by atoms with E-state index in [1.807, 2.05) is 48.5 Å². The van der Waals surface area contributed by atoms with Crippen LogP contribution in [0.25, 0.3) is 0 Å². The first-order chi connectivity index (χ1) is 16.6. The summed E-state index contributed by atoms with van der Waals surface area (Å²) < 4.78 is 5.59. The van der Waals surface area contributed by atoms with Crippen LogP contribution < -0.4 is 4.74 Å². The van der Waals surface area contributed by atoms with Crippen molar-refractivity contribution in [2.24, 2.45) is 5.92 Å². The zero-order valence-electron chi connectivity index (χ0n) is 21.2. The first-order valence-corrected chi connectivity index (χ1v) is 13.5. The number of carbonyl (C=O) groups excluding carboxylic acids is 1. The SMILES string of the molecule is CCCCCCCCc1ccc(C(=O)Oc2ccc([C@]3(C#N)C[C@@H]3CCCCCC)cc2)cc1. The van der Waals surface area contributed by atoms with Crippen LogP contribution in [0.1, 0.15) is 112 Å². The van der Waals surface area contributed by atoms with E-state index >= 15 is 0 Å². The molecule has 0 N–H and O–H groups in total. The van der Waals surface area contributed by atoms with Crippen molar-refractivity contribution >= 4 is 5.97 Å². The molecule has 34 heavy (non-hydrogen) atoms. The maximum atomic E-state index is 12.6. The Morgan fingerprint density at radius 2 is 1.50 bits per heavy atom. The highest BCUT2D eigenvalue weighted by molar-refractivity contribution is 5.91. The average molecular weight is 460 g/mol. The minimum atomic E-state index is -0.347. The molecule has 3 heteroatoms. The Kier molecular flexibility index (Phi) is 10.2. The molecule has 1 aliphatic carbocycles. The van der Waals surface area contributed by atoms with Crippen LogP contribution in [0, 0.1) is 17.2 Å². The second-order valence-electron chi connectivity index (χ2n) is 9.96. The zero-order valence-corrected chi connectivity index (χ0v) is 21.2. The van der Waals surface area contributed by atoms with Crippen LogP contribution in [0.15, 0.2) is 48.5 Å². The highest BCUT2D eigenvalue weighted by Gasteiger charge is 2.55. The van der Waals surface area contributed by atoms with Crippen molar-refractivity contribution in [3.63, 3.8) is 0 Å². The third-order valence-corrected chi connectivity index (χ3v) is 7.30. The quantitative estimate of drug-likeness (QED) is 0.152. The van der Waals surface area contributed by atoms with Crippen LogP contribution >= 0.6 is 0 Å². The fourth-order valence-electron chi connectivity index (χ4n) is 4.95. The van der Waals surface area contributed by atoms with Crippen molar-refractivity contribution in [1.82, 2.24) is 0 Å². The van der Waals surface area contributed by atoms with Gasteiger partial charge in [-0.15, -0.1) is 0 Å². The van der Waals surface area contributed by atoms with Crippen LogP contribution in [-0.4, -0.2) is 5.97 Å². The van der Waals surface area contributed by atoms with Gasteiger partial charge in [0.15, 0.2) is 0 Å². The van der Waals surface area contributed by atoms with Crippen molar-refractivity contribution in [1.29, 1.82) is 5.26 Å². The smallest absolute Gasteiger partial charge is 0.343 e. The highest BCUT2D eigenvalue weighted by Crippen LogP contribution is 2.56. The van der Waals surface area contributed by atoms with Crippen molar-refractivity contribution < 1.29 is 9.53 Å². The average Bonchev–Trinajstić information content (AvgIpc) is 3.59. The van der Waals surface area contributed by atoms with Gasteiger partial charge < -0.3 is 4.74 Å². The van der Waals surface area contributed by atoms with E-state index in [1.165, 1.54) is 69.8 Å². The molecule has 0 spiro atoms. The molecule has 0 saturated heterocycles. The van der Waals surface area contributed by atoms with E-state index in [-0.39, 0.29) is 11.4 Å². The van der Waals surface area contributed by atoms with Gasteiger partial charge in [0.05, 0.1) is 17.0 Å². The standard InChI is InChI=1S/C31H41NO2/c1-3-5-7-9-10-11-13-25-15-17-26(18-16-25)30(33)34-29-21-19-27(20-22-29)31(24-32)23-28(31)14-12-8-6-4-2/h15-22,28H,3-14,23H2,1-2H3/t28-,31+/m0/s1. The summed E-state index contributed by atoms with van der Waals surface area (Å²) >= 11 is 0. The van der Waals surface area contributed by atoms with Gasteiger partial charge in [-0.05, 0) is 67.0 Å². The first kappa shape index (κ1) is 26.0. The summed E-state index contributed by atoms with van der Waals surface area (Å²) in [6.07, 6.45) is 15.8. The molecule has 2 atom stereocenters. The molecule has 0 unspecified atom stereocenters. The molecule has 0 aliphatic heterocycles. The minimum Gasteiger partial charge on any atom is -0.423 e. The second kappa shape index (κ2) is 13.3. The highest BCUT2D eigenvalue weighted by atomic mass is 16.5. The molecule has 0 bridgehead atoms. The van der Waals surface area contributed by atoms with Crippen LogP contribution in [0.4, 0.5) is 0 Å². The molecular formula is C31H41NO2. The lowest BCUT2D eigenvalue weighted by Crippen LogP contribution is -2.10. The summed E-state index contributed by atoms with van der Waals surface area (Å²) in [6.45, 7) is 4.46. The predicted octanol–water partition coefficient (Wildman–Crippen LogP) is 8.56. The number of nitrogens with zero attached hydrogens (tertiary/aromatic N) is 1. The lowest BCUT2D eigenvalue weighted by atomic mass is 9.93. The van der Waals surface area contributed by atoms with Crippen molar-refractivity contribution in [3.8, 4) is 11.8 Å². The summed E-state index contributed by atoms with van der Waals surface area (Å²) in [4.78, 5) is 12.6. The Morgan fingerprint density at radius 1 is 0.882 bits per heavy atom. The maximum Gasteiger partial charge on any atom is 0.343 e. The molecule has 3 rings (SSSR count). The number of benzene rings is 2. The Hall–Kier alpha value is -2.60. The van der Waals surface area contributed by atoms with Gasteiger partial charge in [-0.2, -0.15) is 5.26 Å². The van der Waals surface area contributed by atoms with Crippen LogP contribution in [0.2, 0.25) is 0 Å².